The highest BCUT2D eigenvalue weighted by molar-refractivity contribution is 6.02. The maximum absolute atomic E-state index is 12.0. The van der Waals surface area contributed by atoms with Crippen LogP contribution < -0.4 is 5.43 Å². The number of hydrazone groups is 1. The van der Waals surface area contributed by atoms with Crippen LogP contribution in [0.5, 0.6) is 0 Å². The molecule has 0 heterocycles. The lowest BCUT2D eigenvalue weighted by molar-refractivity contribution is -0.384. The average Bonchev–Trinajstić information content (AvgIpc) is 2.57. The lowest BCUT2D eigenvalue weighted by Gasteiger charge is -2.14. The van der Waals surface area contributed by atoms with Crippen LogP contribution in [-0.4, -0.2) is 29.1 Å². The van der Waals surface area contributed by atoms with Crippen LogP contribution in [0.1, 0.15) is 44.0 Å². The second kappa shape index (κ2) is 9.39. The number of hydrogen-bond acceptors (Lipinski definition) is 6. The Morgan fingerprint density at radius 2 is 2.08 bits per heavy atom. The van der Waals surface area contributed by atoms with Crippen molar-refractivity contribution in [2.24, 2.45) is 11.0 Å². The molecule has 0 saturated heterocycles. The first-order chi connectivity index (χ1) is 11.4. The molecule has 0 bridgehead atoms. The fourth-order valence-corrected chi connectivity index (χ4v) is 2.07. The number of rotatable bonds is 8. The summed E-state index contributed by atoms with van der Waals surface area (Å²) in [7, 11) is 0. The van der Waals surface area contributed by atoms with Gasteiger partial charge in [-0.3, -0.25) is 19.7 Å². The summed E-state index contributed by atoms with van der Waals surface area (Å²) < 4.78 is 5.00. The summed E-state index contributed by atoms with van der Waals surface area (Å²) in [4.78, 5) is 34.1. The van der Waals surface area contributed by atoms with E-state index in [0.717, 1.165) is 12.5 Å². The molecule has 8 heteroatoms. The van der Waals surface area contributed by atoms with E-state index < -0.39 is 16.7 Å². The summed E-state index contributed by atoms with van der Waals surface area (Å²) in [6.07, 6.45) is 1.32. The Bertz CT molecular complexity index is 642. The number of hydrogen-bond donors (Lipinski definition) is 1. The van der Waals surface area contributed by atoms with E-state index in [-0.39, 0.29) is 23.8 Å². The fraction of sp³-hybridized carbons (Fsp3) is 0.438. The number of carbonyl (C=O) groups is 2. The molecular formula is C16H21N3O5. The van der Waals surface area contributed by atoms with Crippen LogP contribution in [0.15, 0.2) is 29.4 Å². The third kappa shape index (κ3) is 5.45. The minimum absolute atomic E-state index is 0.115. The molecule has 0 aliphatic carbocycles. The highest BCUT2D eigenvalue weighted by Crippen LogP contribution is 2.14. The molecular weight excluding hydrogens is 314 g/mol. The number of nitrogens with zero attached hydrogens (tertiary/aromatic N) is 2. The standard InChI is InChI=1S/C16H21N3O5/c1-4-7-14(16(21)24-5-2)11(3)17-18-15(20)12-8-6-9-13(10-12)19(22)23/h6,8-10,14H,4-5,7H2,1-3H3,(H,18,20)/t14-/m0/s1. The van der Waals surface area contributed by atoms with E-state index in [1.54, 1.807) is 13.8 Å². The summed E-state index contributed by atoms with van der Waals surface area (Å²) in [5.41, 5.74) is 2.68. The molecule has 0 spiro atoms. The van der Waals surface area contributed by atoms with Gasteiger partial charge < -0.3 is 4.74 Å². The number of nitro groups is 1. The molecule has 130 valence electrons. The van der Waals surface area contributed by atoms with Gasteiger partial charge in [0.25, 0.3) is 11.6 Å². The molecule has 0 fully saturated rings. The summed E-state index contributed by atoms with van der Waals surface area (Å²) in [6, 6.07) is 5.32. The number of esters is 1. The van der Waals surface area contributed by atoms with Gasteiger partial charge in [0.1, 0.15) is 0 Å². The maximum atomic E-state index is 12.0. The minimum Gasteiger partial charge on any atom is -0.465 e. The second-order valence-corrected chi connectivity index (χ2v) is 5.09. The van der Waals surface area contributed by atoms with Gasteiger partial charge in [0.15, 0.2) is 0 Å². The smallest absolute Gasteiger partial charge is 0.314 e. The number of nitro benzene ring substituents is 1. The van der Waals surface area contributed by atoms with Crippen LogP contribution in [0.25, 0.3) is 0 Å². The molecule has 0 aliphatic rings. The quantitative estimate of drug-likeness (QED) is 0.340. The van der Waals surface area contributed by atoms with Crippen molar-refractivity contribution in [1.29, 1.82) is 0 Å². The molecule has 1 aromatic carbocycles. The lowest BCUT2D eigenvalue weighted by Crippen LogP contribution is -2.28. The Labute approximate surface area is 140 Å². The number of benzene rings is 1. The number of ether oxygens (including phenoxy) is 1. The first-order valence-corrected chi connectivity index (χ1v) is 7.66. The van der Waals surface area contributed by atoms with Gasteiger partial charge in [-0.15, -0.1) is 0 Å². The Morgan fingerprint density at radius 1 is 1.38 bits per heavy atom. The van der Waals surface area contributed by atoms with Crippen molar-refractivity contribution in [1.82, 2.24) is 5.43 Å². The van der Waals surface area contributed by atoms with Gasteiger partial charge in [-0.25, -0.2) is 5.43 Å². The molecule has 1 atom stereocenters. The highest BCUT2D eigenvalue weighted by Gasteiger charge is 2.22. The first-order valence-electron chi connectivity index (χ1n) is 7.66. The van der Waals surface area contributed by atoms with Gasteiger partial charge in [0, 0.05) is 23.4 Å². The Morgan fingerprint density at radius 3 is 2.67 bits per heavy atom. The van der Waals surface area contributed by atoms with E-state index in [2.05, 4.69) is 10.5 Å². The average molecular weight is 335 g/mol. The van der Waals surface area contributed by atoms with Gasteiger partial charge in [0.05, 0.1) is 17.4 Å². The van der Waals surface area contributed by atoms with Gasteiger partial charge in [0.2, 0.25) is 0 Å². The van der Waals surface area contributed by atoms with Crippen LogP contribution in [-0.2, 0) is 9.53 Å². The van der Waals surface area contributed by atoms with Crippen molar-refractivity contribution in [3.05, 3.63) is 39.9 Å². The predicted molar refractivity (Wildman–Crippen MR) is 88.7 cm³/mol. The third-order valence-electron chi connectivity index (χ3n) is 3.31. The van der Waals surface area contributed by atoms with Gasteiger partial charge in [-0.05, 0) is 26.3 Å². The van der Waals surface area contributed by atoms with E-state index in [1.165, 1.54) is 18.2 Å². The Hall–Kier alpha value is -2.77. The lowest BCUT2D eigenvalue weighted by atomic mass is 9.99. The third-order valence-corrected chi connectivity index (χ3v) is 3.31. The van der Waals surface area contributed by atoms with Crippen molar-refractivity contribution in [3.8, 4) is 0 Å². The zero-order valence-electron chi connectivity index (χ0n) is 13.9. The molecule has 24 heavy (non-hydrogen) atoms. The molecule has 1 N–H and O–H groups in total. The van der Waals surface area contributed by atoms with Gasteiger partial charge in [-0.2, -0.15) is 5.10 Å². The highest BCUT2D eigenvalue weighted by atomic mass is 16.6. The van der Waals surface area contributed by atoms with Crippen molar-refractivity contribution in [3.63, 3.8) is 0 Å². The molecule has 1 aromatic rings. The Kier molecular flexibility index (Phi) is 7.54. The van der Waals surface area contributed by atoms with Crippen molar-refractivity contribution in [2.75, 3.05) is 6.61 Å². The van der Waals surface area contributed by atoms with Crippen LogP contribution in [0, 0.1) is 16.0 Å². The molecule has 0 radical (unpaired) electrons. The summed E-state index contributed by atoms with van der Waals surface area (Å²) >= 11 is 0. The first kappa shape index (κ1) is 19.3. The largest absolute Gasteiger partial charge is 0.465 e. The molecule has 1 amide bonds. The zero-order chi connectivity index (χ0) is 18.1. The number of carbonyl (C=O) groups excluding carboxylic acids is 2. The van der Waals surface area contributed by atoms with Crippen molar-refractivity contribution in [2.45, 2.75) is 33.6 Å². The zero-order valence-corrected chi connectivity index (χ0v) is 13.9. The molecule has 0 saturated carbocycles. The summed E-state index contributed by atoms with van der Waals surface area (Å²) in [6.45, 7) is 5.55. The van der Waals surface area contributed by atoms with E-state index in [1.807, 2.05) is 6.92 Å². The normalized spacial score (nSPS) is 12.4. The molecule has 8 nitrogen and oxygen atoms in total. The Balaban J connectivity index is 2.84. The second-order valence-electron chi connectivity index (χ2n) is 5.09. The number of amides is 1. The van der Waals surface area contributed by atoms with E-state index >= 15 is 0 Å². The topological polar surface area (TPSA) is 111 Å². The minimum atomic E-state index is -0.586. The van der Waals surface area contributed by atoms with Crippen LogP contribution in [0.3, 0.4) is 0 Å². The fourth-order valence-electron chi connectivity index (χ4n) is 2.07. The summed E-state index contributed by atoms with van der Waals surface area (Å²) in [5, 5.41) is 14.7. The van der Waals surface area contributed by atoms with Crippen LogP contribution in [0.2, 0.25) is 0 Å². The molecule has 0 unspecified atom stereocenters. The monoisotopic (exact) mass is 335 g/mol. The summed E-state index contributed by atoms with van der Waals surface area (Å²) in [5.74, 6) is -1.50. The van der Waals surface area contributed by atoms with E-state index in [4.69, 9.17) is 4.74 Å². The van der Waals surface area contributed by atoms with Crippen LogP contribution in [0.4, 0.5) is 5.69 Å². The van der Waals surface area contributed by atoms with E-state index in [9.17, 15) is 19.7 Å². The molecule has 1 rings (SSSR count). The molecule has 0 aliphatic heterocycles. The number of nitrogens with one attached hydrogen (secondary N) is 1. The van der Waals surface area contributed by atoms with Crippen molar-refractivity contribution < 1.29 is 19.2 Å². The van der Waals surface area contributed by atoms with Gasteiger partial charge in [-0.1, -0.05) is 19.4 Å². The van der Waals surface area contributed by atoms with Crippen molar-refractivity contribution >= 4 is 23.3 Å². The number of non-ortho nitro benzene ring substituents is 1. The van der Waals surface area contributed by atoms with E-state index in [0.29, 0.717) is 12.1 Å². The molecule has 0 aromatic heterocycles. The SMILES string of the molecule is CCC[C@H](C(=O)OCC)C(C)=NNC(=O)c1cccc([N+](=O)[O-])c1. The maximum Gasteiger partial charge on any atom is 0.314 e. The van der Waals surface area contributed by atoms with Crippen LogP contribution >= 0.6 is 0 Å². The van der Waals surface area contributed by atoms with Gasteiger partial charge >= 0.3 is 5.97 Å². The predicted octanol–water partition coefficient (Wildman–Crippen LogP) is 2.68.